The molecule has 4 heteroatoms. The van der Waals surface area contributed by atoms with Gasteiger partial charge in [0, 0.05) is 18.3 Å². The van der Waals surface area contributed by atoms with E-state index in [1.165, 1.54) is 12.7 Å². The van der Waals surface area contributed by atoms with Crippen LogP contribution >= 0.6 is 0 Å². The number of ether oxygens (including phenoxy) is 1. The van der Waals surface area contributed by atoms with E-state index >= 15 is 0 Å². The Bertz CT molecular complexity index is 278. The van der Waals surface area contributed by atoms with Crippen LogP contribution in [0.25, 0.3) is 0 Å². The third-order valence-electron chi connectivity index (χ3n) is 2.63. The molecule has 0 amide bonds. The summed E-state index contributed by atoms with van der Waals surface area (Å²) in [5.41, 5.74) is 0. The van der Waals surface area contributed by atoms with Crippen molar-refractivity contribution in [3.63, 3.8) is 0 Å². The van der Waals surface area contributed by atoms with Gasteiger partial charge in [0.2, 0.25) is 5.88 Å². The fourth-order valence-corrected chi connectivity index (χ4v) is 1.83. The maximum Gasteiger partial charge on any atom is 0.216 e. The number of nitrogens with one attached hydrogen (secondary N) is 1. The molecule has 0 aromatic carbocycles. The highest BCUT2D eigenvalue weighted by atomic mass is 16.5. The Labute approximate surface area is 83.7 Å². The van der Waals surface area contributed by atoms with Gasteiger partial charge in [-0.15, -0.1) is 0 Å². The summed E-state index contributed by atoms with van der Waals surface area (Å²) in [7, 11) is 2.00. The molecule has 14 heavy (non-hydrogen) atoms. The summed E-state index contributed by atoms with van der Waals surface area (Å²) < 4.78 is 5.72. The zero-order valence-electron chi connectivity index (χ0n) is 8.31. The maximum absolute atomic E-state index is 5.72. The molecule has 0 radical (unpaired) electrons. The largest absolute Gasteiger partial charge is 0.474 e. The fourth-order valence-electron chi connectivity index (χ4n) is 1.83. The van der Waals surface area contributed by atoms with E-state index in [2.05, 4.69) is 15.3 Å². The molecule has 0 bridgehead atoms. The van der Waals surface area contributed by atoms with Crippen molar-refractivity contribution in [3.8, 4) is 5.88 Å². The minimum Gasteiger partial charge on any atom is -0.474 e. The molecule has 2 unspecified atom stereocenters. The standard InChI is InChI=1S/C10H15N3O/c1-11-8-2-3-9(6-8)14-10-4-5-12-7-13-10/h4-5,7-9,11H,2-3,6H2,1H3. The van der Waals surface area contributed by atoms with Crippen molar-refractivity contribution in [3.05, 3.63) is 18.6 Å². The van der Waals surface area contributed by atoms with Crippen molar-refractivity contribution in [2.45, 2.75) is 31.4 Å². The zero-order valence-corrected chi connectivity index (χ0v) is 8.31. The molecule has 1 aromatic heterocycles. The van der Waals surface area contributed by atoms with E-state index in [9.17, 15) is 0 Å². The van der Waals surface area contributed by atoms with Gasteiger partial charge < -0.3 is 10.1 Å². The van der Waals surface area contributed by atoms with Crippen LogP contribution in [0.2, 0.25) is 0 Å². The molecule has 1 heterocycles. The van der Waals surface area contributed by atoms with Crippen LogP contribution in [0.4, 0.5) is 0 Å². The Morgan fingerprint density at radius 1 is 1.50 bits per heavy atom. The number of aromatic nitrogens is 2. The van der Waals surface area contributed by atoms with Crippen molar-refractivity contribution in [1.29, 1.82) is 0 Å². The normalized spacial score (nSPS) is 26.4. The van der Waals surface area contributed by atoms with Gasteiger partial charge >= 0.3 is 0 Å². The Balaban J connectivity index is 1.88. The molecule has 0 saturated heterocycles. The molecule has 0 spiro atoms. The average Bonchev–Trinajstić information content (AvgIpc) is 2.67. The highest BCUT2D eigenvalue weighted by Crippen LogP contribution is 2.22. The van der Waals surface area contributed by atoms with Crippen molar-refractivity contribution >= 4 is 0 Å². The van der Waals surface area contributed by atoms with Crippen LogP contribution in [0.15, 0.2) is 18.6 Å². The first kappa shape index (κ1) is 9.40. The quantitative estimate of drug-likeness (QED) is 0.777. The van der Waals surface area contributed by atoms with Gasteiger partial charge in [0.15, 0.2) is 0 Å². The maximum atomic E-state index is 5.72. The van der Waals surface area contributed by atoms with Crippen LogP contribution < -0.4 is 10.1 Å². The van der Waals surface area contributed by atoms with Crippen LogP contribution in [-0.4, -0.2) is 29.2 Å². The van der Waals surface area contributed by atoms with Gasteiger partial charge in [-0.3, -0.25) is 0 Å². The van der Waals surface area contributed by atoms with Gasteiger partial charge in [-0.25, -0.2) is 9.97 Å². The molecule has 2 atom stereocenters. The Hall–Kier alpha value is -1.16. The van der Waals surface area contributed by atoms with Crippen LogP contribution in [0.5, 0.6) is 5.88 Å². The molecule has 1 aliphatic rings. The van der Waals surface area contributed by atoms with E-state index in [0.29, 0.717) is 18.0 Å². The van der Waals surface area contributed by atoms with Crippen molar-refractivity contribution in [2.75, 3.05) is 7.05 Å². The molecule has 1 N–H and O–H groups in total. The number of nitrogens with zero attached hydrogens (tertiary/aromatic N) is 2. The van der Waals surface area contributed by atoms with Crippen LogP contribution in [0.3, 0.4) is 0 Å². The van der Waals surface area contributed by atoms with E-state index in [1.807, 2.05) is 7.05 Å². The van der Waals surface area contributed by atoms with Gasteiger partial charge in [0.05, 0.1) is 0 Å². The third-order valence-corrected chi connectivity index (χ3v) is 2.63. The van der Waals surface area contributed by atoms with Crippen molar-refractivity contribution in [2.24, 2.45) is 0 Å². The molecule has 1 saturated carbocycles. The predicted octanol–water partition coefficient (Wildman–Crippen LogP) is 0.996. The second-order valence-corrected chi connectivity index (χ2v) is 3.59. The molecule has 4 nitrogen and oxygen atoms in total. The Morgan fingerprint density at radius 2 is 2.43 bits per heavy atom. The highest BCUT2D eigenvalue weighted by molar-refractivity contribution is 5.05. The van der Waals surface area contributed by atoms with Gasteiger partial charge in [-0.1, -0.05) is 0 Å². The average molecular weight is 193 g/mol. The topological polar surface area (TPSA) is 47.0 Å². The SMILES string of the molecule is CNC1CCC(Oc2ccncn2)C1. The van der Waals surface area contributed by atoms with Crippen LogP contribution in [-0.2, 0) is 0 Å². The summed E-state index contributed by atoms with van der Waals surface area (Å²) in [4.78, 5) is 7.89. The number of rotatable bonds is 3. The lowest BCUT2D eigenvalue weighted by Gasteiger charge is -2.12. The smallest absolute Gasteiger partial charge is 0.216 e. The van der Waals surface area contributed by atoms with Crippen molar-refractivity contribution < 1.29 is 4.74 Å². The monoisotopic (exact) mass is 193 g/mol. The minimum absolute atomic E-state index is 0.308. The third kappa shape index (κ3) is 2.20. The molecular formula is C10H15N3O. The summed E-state index contributed by atoms with van der Waals surface area (Å²) in [6.07, 6.45) is 6.89. The lowest BCUT2D eigenvalue weighted by Crippen LogP contribution is -2.23. The summed E-state index contributed by atoms with van der Waals surface area (Å²) in [6.45, 7) is 0. The van der Waals surface area contributed by atoms with E-state index in [1.54, 1.807) is 12.3 Å². The first-order chi connectivity index (χ1) is 6.88. The molecular weight excluding hydrogens is 178 g/mol. The van der Waals surface area contributed by atoms with Gasteiger partial charge in [0.25, 0.3) is 0 Å². The second-order valence-electron chi connectivity index (χ2n) is 3.59. The number of hydrogen-bond donors (Lipinski definition) is 1. The van der Waals surface area contributed by atoms with Gasteiger partial charge in [-0.2, -0.15) is 0 Å². The minimum atomic E-state index is 0.308. The molecule has 0 aliphatic heterocycles. The summed E-state index contributed by atoms with van der Waals surface area (Å²) in [5, 5.41) is 3.27. The summed E-state index contributed by atoms with van der Waals surface area (Å²) in [5.74, 6) is 0.682. The van der Waals surface area contributed by atoms with Crippen LogP contribution in [0, 0.1) is 0 Å². The van der Waals surface area contributed by atoms with Gasteiger partial charge in [0.1, 0.15) is 12.4 Å². The number of hydrogen-bond acceptors (Lipinski definition) is 4. The first-order valence-electron chi connectivity index (χ1n) is 4.98. The first-order valence-corrected chi connectivity index (χ1v) is 4.98. The molecule has 1 fully saturated rings. The highest BCUT2D eigenvalue weighted by Gasteiger charge is 2.24. The molecule has 2 rings (SSSR count). The molecule has 76 valence electrons. The van der Waals surface area contributed by atoms with E-state index in [0.717, 1.165) is 12.8 Å². The van der Waals surface area contributed by atoms with E-state index in [4.69, 9.17) is 4.74 Å². The lowest BCUT2D eigenvalue weighted by atomic mass is 10.2. The predicted molar refractivity (Wildman–Crippen MR) is 53.1 cm³/mol. The van der Waals surface area contributed by atoms with Crippen LogP contribution in [0.1, 0.15) is 19.3 Å². The molecule has 1 aliphatic carbocycles. The van der Waals surface area contributed by atoms with E-state index in [-0.39, 0.29) is 0 Å². The summed E-state index contributed by atoms with van der Waals surface area (Å²) >= 11 is 0. The Kier molecular flexibility index (Phi) is 2.93. The van der Waals surface area contributed by atoms with E-state index < -0.39 is 0 Å². The van der Waals surface area contributed by atoms with Gasteiger partial charge in [-0.05, 0) is 26.3 Å². The second kappa shape index (κ2) is 4.37. The van der Waals surface area contributed by atoms with Crippen molar-refractivity contribution in [1.82, 2.24) is 15.3 Å². The lowest BCUT2D eigenvalue weighted by molar-refractivity contribution is 0.198. The zero-order chi connectivity index (χ0) is 9.80. The molecule has 1 aromatic rings. The fraction of sp³-hybridized carbons (Fsp3) is 0.600. The Morgan fingerprint density at radius 3 is 3.07 bits per heavy atom. The summed E-state index contributed by atoms with van der Waals surface area (Å²) in [6, 6.07) is 2.40.